The molecule has 0 amide bonds. The van der Waals surface area contributed by atoms with Crippen LogP contribution >= 0.6 is 0 Å². The van der Waals surface area contributed by atoms with Crippen LogP contribution in [0.25, 0.3) is 0 Å². The summed E-state index contributed by atoms with van der Waals surface area (Å²) in [6.45, 7) is 1.30. The number of rotatable bonds is 4. The molecule has 3 atom stereocenters. The second kappa shape index (κ2) is 5.73. The van der Waals surface area contributed by atoms with Crippen LogP contribution < -0.4 is 5.32 Å². The molecule has 0 saturated heterocycles. The summed E-state index contributed by atoms with van der Waals surface area (Å²) >= 11 is 0. The van der Waals surface area contributed by atoms with E-state index < -0.39 is 0 Å². The van der Waals surface area contributed by atoms with E-state index in [9.17, 15) is 0 Å². The molecule has 98 valence electrons. The smallest absolute Gasteiger partial charge is 0.00670 e. The topological polar surface area (TPSA) is 12.0 Å². The van der Waals surface area contributed by atoms with Crippen LogP contribution in [-0.2, 0) is 0 Å². The standard InChI is InChI=1S/C16H29N/c1-2-4-6-16(5-3-1)17-10-9-15-12-13-7-8-14(15)11-13/h13-17H,1-12H2. The highest BCUT2D eigenvalue weighted by atomic mass is 14.9. The molecular weight excluding hydrogens is 206 g/mol. The Labute approximate surface area is 107 Å². The lowest BCUT2D eigenvalue weighted by atomic mass is 9.86. The van der Waals surface area contributed by atoms with Crippen LogP contribution in [0.2, 0.25) is 0 Å². The largest absolute Gasteiger partial charge is 0.314 e. The SMILES string of the molecule is C1CCCC(NCCC2CC3CCC2C3)CC1. The van der Waals surface area contributed by atoms with Crippen LogP contribution in [0, 0.1) is 17.8 Å². The second-order valence-electron chi connectivity index (χ2n) is 6.87. The molecule has 0 aromatic heterocycles. The summed E-state index contributed by atoms with van der Waals surface area (Å²) in [5, 5.41) is 3.85. The van der Waals surface area contributed by atoms with Gasteiger partial charge in [-0.05, 0) is 62.8 Å². The van der Waals surface area contributed by atoms with Crippen molar-refractivity contribution in [2.75, 3.05) is 6.54 Å². The Morgan fingerprint density at radius 2 is 1.65 bits per heavy atom. The Hall–Kier alpha value is -0.0400. The van der Waals surface area contributed by atoms with E-state index in [1.807, 2.05) is 0 Å². The fourth-order valence-corrected chi connectivity index (χ4v) is 4.69. The summed E-state index contributed by atoms with van der Waals surface area (Å²) < 4.78 is 0. The summed E-state index contributed by atoms with van der Waals surface area (Å²) in [5.41, 5.74) is 0. The molecule has 0 spiro atoms. The molecule has 0 aromatic rings. The van der Waals surface area contributed by atoms with Gasteiger partial charge in [-0.2, -0.15) is 0 Å². The maximum absolute atomic E-state index is 3.85. The minimum atomic E-state index is 0.857. The molecule has 2 bridgehead atoms. The fourth-order valence-electron chi connectivity index (χ4n) is 4.69. The molecule has 0 heterocycles. The van der Waals surface area contributed by atoms with Crippen LogP contribution in [0.4, 0.5) is 0 Å². The van der Waals surface area contributed by atoms with Crippen molar-refractivity contribution < 1.29 is 0 Å². The van der Waals surface area contributed by atoms with Gasteiger partial charge in [0.2, 0.25) is 0 Å². The Balaban J connectivity index is 1.34. The summed E-state index contributed by atoms with van der Waals surface area (Å²) in [7, 11) is 0. The molecule has 1 heteroatoms. The third-order valence-electron chi connectivity index (χ3n) is 5.69. The average molecular weight is 235 g/mol. The molecular formula is C16H29N. The van der Waals surface area contributed by atoms with Crippen molar-refractivity contribution in [2.45, 2.75) is 76.7 Å². The summed E-state index contributed by atoms with van der Waals surface area (Å²) in [6.07, 6.45) is 16.5. The van der Waals surface area contributed by atoms with E-state index in [2.05, 4.69) is 5.32 Å². The summed E-state index contributed by atoms with van der Waals surface area (Å²) in [4.78, 5) is 0. The predicted octanol–water partition coefficient (Wildman–Crippen LogP) is 4.13. The van der Waals surface area contributed by atoms with Crippen molar-refractivity contribution in [1.82, 2.24) is 5.32 Å². The lowest BCUT2D eigenvalue weighted by Gasteiger charge is -2.23. The zero-order valence-electron chi connectivity index (χ0n) is 11.3. The van der Waals surface area contributed by atoms with Gasteiger partial charge in [0, 0.05) is 6.04 Å². The minimum Gasteiger partial charge on any atom is -0.314 e. The predicted molar refractivity (Wildman–Crippen MR) is 73.0 cm³/mol. The van der Waals surface area contributed by atoms with E-state index in [4.69, 9.17) is 0 Å². The van der Waals surface area contributed by atoms with Gasteiger partial charge in [0.05, 0.1) is 0 Å². The third-order valence-corrected chi connectivity index (χ3v) is 5.69. The molecule has 3 rings (SSSR count). The summed E-state index contributed by atoms with van der Waals surface area (Å²) in [6, 6.07) is 0.857. The van der Waals surface area contributed by atoms with E-state index in [0.29, 0.717) is 0 Å². The molecule has 3 saturated carbocycles. The molecule has 1 N–H and O–H groups in total. The Morgan fingerprint density at radius 3 is 2.29 bits per heavy atom. The van der Waals surface area contributed by atoms with Crippen molar-refractivity contribution in [2.24, 2.45) is 17.8 Å². The normalized spacial score (nSPS) is 38.5. The van der Waals surface area contributed by atoms with Gasteiger partial charge < -0.3 is 5.32 Å². The first kappa shape index (κ1) is 12.0. The van der Waals surface area contributed by atoms with Crippen LogP contribution in [-0.4, -0.2) is 12.6 Å². The molecule has 3 aliphatic rings. The van der Waals surface area contributed by atoms with Gasteiger partial charge >= 0.3 is 0 Å². The van der Waals surface area contributed by atoms with Gasteiger partial charge in [-0.25, -0.2) is 0 Å². The highest BCUT2D eigenvalue weighted by Gasteiger charge is 2.38. The van der Waals surface area contributed by atoms with Crippen molar-refractivity contribution in [3.05, 3.63) is 0 Å². The maximum Gasteiger partial charge on any atom is 0.00670 e. The zero-order chi connectivity index (χ0) is 11.5. The fraction of sp³-hybridized carbons (Fsp3) is 1.00. The first-order valence-corrected chi connectivity index (χ1v) is 8.15. The lowest BCUT2D eigenvalue weighted by molar-refractivity contribution is 0.302. The lowest BCUT2D eigenvalue weighted by Crippen LogP contribution is -2.31. The van der Waals surface area contributed by atoms with E-state index in [0.717, 1.165) is 23.8 Å². The van der Waals surface area contributed by atoms with Crippen molar-refractivity contribution in [3.8, 4) is 0 Å². The molecule has 1 nitrogen and oxygen atoms in total. The highest BCUT2D eigenvalue weighted by Crippen LogP contribution is 2.49. The molecule has 3 unspecified atom stereocenters. The van der Waals surface area contributed by atoms with E-state index in [-0.39, 0.29) is 0 Å². The molecule has 0 radical (unpaired) electrons. The van der Waals surface area contributed by atoms with Crippen LogP contribution in [0.5, 0.6) is 0 Å². The van der Waals surface area contributed by atoms with Crippen molar-refractivity contribution in [1.29, 1.82) is 0 Å². The maximum atomic E-state index is 3.85. The Bertz CT molecular complexity index is 230. The van der Waals surface area contributed by atoms with Gasteiger partial charge in [0.15, 0.2) is 0 Å². The van der Waals surface area contributed by atoms with Crippen LogP contribution in [0.1, 0.15) is 70.6 Å². The van der Waals surface area contributed by atoms with Gasteiger partial charge in [-0.3, -0.25) is 0 Å². The van der Waals surface area contributed by atoms with Crippen molar-refractivity contribution >= 4 is 0 Å². The van der Waals surface area contributed by atoms with Gasteiger partial charge in [-0.15, -0.1) is 0 Å². The Morgan fingerprint density at radius 1 is 0.824 bits per heavy atom. The quantitative estimate of drug-likeness (QED) is 0.723. The second-order valence-corrected chi connectivity index (χ2v) is 6.87. The highest BCUT2D eigenvalue weighted by molar-refractivity contribution is 4.90. The number of nitrogens with one attached hydrogen (secondary N) is 1. The summed E-state index contributed by atoms with van der Waals surface area (Å²) in [5.74, 6) is 3.34. The first-order valence-electron chi connectivity index (χ1n) is 8.15. The van der Waals surface area contributed by atoms with E-state index in [1.165, 1.54) is 51.5 Å². The Kier molecular flexibility index (Phi) is 4.05. The van der Waals surface area contributed by atoms with E-state index >= 15 is 0 Å². The van der Waals surface area contributed by atoms with Gasteiger partial charge in [-0.1, -0.05) is 32.1 Å². The number of hydrogen-bond donors (Lipinski definition) is 1. The zero-order valence-corrected chi connectivity index (χ0v) is 11.3. The van der Waals surface area contributed by atoms with Crippen LogP contribution in [0.3, 0.4) is 0 Å². The van der Waals surface area contributed by atoms with E-state index in [1.54, 1.807) is 25.7 Å². The molecule has 17 heavy (non-hydrogen) atoms. The van der Waals surface area contributed by atoms with Crippen LogP contribution in [0.15, 0.2) is 0 Å². The van der Waals surface area contributed by atoms with Gasteiger partial charge in [0.25, 0.3) is 0 Å². The van der Waals surface area contributed by atoms with Gasteiger partial charge in [0.1, 0.15) is 0 Å². The third kappa shape index (κ3) is 3.05. The number of hydrogen-bond acceptors (Lipinski definition) is 1. The average Bonchev–Trinajstić information content (AvgIpc) is 2.85. The monoisotopic (exact) mass is 235 g/mol. The molecule has 0 aromatic carbocycles. The first-order chi connectivity index (χ1) is 8.42. The molecule has 0 aliphatic heterocycles. The van der Waals surface area contributed by atoms with Crippen molar-refractivity contribution in [3.63, 3.8) is 0 Å². The number of fused-ring (bicyclic) bond motifs is 2. The molecule has 3 aliphatic carbocycles. The molecule has 3 fully saturated rings. The minimum absolute atomic E-state index is 0.857.